The fourth-order valence-corrected chi connectivity index (χ4v) is 6.58. The molecule has 3 aromatic rings. The predicted octanol–water partition coefficient (Wildman–Crippen LogP) is 6.11. The highest BCUT2D eigenvalue weighted by Crippen LogP contribution is 2.51. The largest absolute Gasteiger partial charge is 0.491 e. The van der Waals surface area contributed by atoms with Crippen molar-refractivity contribution in [3.05, 3.63) is 76.1 Å². The van der Waals surface area contributed by atoms with E-state index in [1.165, 1.54) is 30.4 Å². The number of anilines is 2. The van der Waals surface area contributed by atoms with Gasteiger partial charge in [-0.2, -0.15) is 0 Å². The smallest absolute Gasteiger partial charge is 0.269 e. The quantitative estimate of drug-likeness (QED) is 0.174. The first-order valence-corrected chi connectivity index (χ1v) is 14.4. The second-order valence-electron chi connectivity index (χ2n) is 9.05. The van der Waals surface area contributed by atoms with Crippen LogP contribution in [0.2, 0.25) is 0 Å². The highest BCUT2D eigenvalue weighted by Gasteiger charge is 2.40. The Hall–Kier alpha value is -3.67. The first-order valence-electron chi connectivity index (χ1n) is 12.8. The van der Waals surface area contributed by atoms with Gasteiger partial charge in [0.25, 0.3) is 5.91 Å². The lowest BCUT2D eigenvalue weighted by atomic mass is 10.1. The number of nitrogens with zero attached hydrogens (tertiary/aromatic N) is 3. The number of Topliss-reactive ketones (excluding diaryl/α,β-unsaturated/α-hetero) is 1. The van der Waals surface area contributed by atoms with Crippen LogP contribution in [0.3, 0.4) is 0 Å². The van der Waals surface area contributed by atoms with E-state index in [4.69, 9.17) is 18.9 Å². The molecule has 0 radical (unpaired) electrons. The molecule has 0 spiro atoms. The third-order valence-corrected chi connectivity index (χ3v) is 8.73. The Kier molecular flexibility index (Phi) is 8.53. The molecule has 208 valence electrons. The van der Waals surface area contributed by atoms with Crippen molar-refractivity contribution >= 4 is 57.4 Å². The van der Waals surface area contributed by atoms with Crippen LogP contribution in [-0.2, 0) is 16.1 Å². The molecule has 1 amide bonds. The van der Waals surface area contributed by atoms with E-state index in [1.54, 1.807) is 36.5 Å². The van der Waals surface area contributed by atoms with Crippen LogP contribution in [0.5, 0.6) is 5.75 Å². The van der Waals surface area contributed by atoms with Gasteiger partial charge >= 0.3 is 0 Å². The molecule has 9 nitrogen and oxygen atoms in total. The summed E-state index contributed by atoms with van der Waals surface area (Å²) in [4.78, 5) is 36.2. The third kappa shape index (κ3) is 5.77. The topological polar surface area (TPSA) is 96.6 Å². The summed E-state index contributed by atoms with van der Waals surface area (Å²) in [5.74, 6) is 1.17. The summed E-state index contributed by atoms with van der Waals surface area (Å²) in [6, 6.07) is 14.9. The van der Waals surface area contributed by atoms with Gasteiger partial charge in [-0.25, -0.2) is 4.99 Å². The van der Waals surface area contributed by atoms with Gasteiger partial charge in [0.15, 0.2) is 11.0 Å². The molecule has 0 bridgehead atoms. The number of rotatable bonds is 10. The molecular weight excluding hydrogens is 548 g/mol. The van der Waals surface area contributed by atoms with E-state index < -0.39 is 0 Å². The number of amides is 1. The molecule has 1 aromatic heterocycles. The van der Waals surface area contributed by atoms with Gasteiger partial charge in [-0.05, 0) is 68.1 Å². The number of nitrogens with one attached hydrogen (secondary N) is 1. The molecule has 1 fully saturated rings. The standard InChI is InChI=1S/C29H30N4O5S2/c1-5-30-22-10-8-19(18(2)34)15-23(22)31-29-33(17-21-7-6-12-37-21)27(35)26(40-29)28-32(3)24-16-20(38-14-13-36-4)9-11-25(24)39-28/h6-12,15-16,30H,5,13-14,17H2,1-4H3. The summed E-state index contributed by atoms with van der Waals surface area (Å²) in [5, 5.41) is 4.63. The lowest BCUT2D eigenvalue weighted by Crippen LogP contribution is -2.29. The highest BCUT2D eigenvalue weighted by molar-refractivity contribution is 8.19. The van der Waals surface area contributed by atoms with E-state index in [1.807, 2.05) is 49.2 Å². The summed E-state index contributed by atoms with van der Waals surface area (Å²) in [6.45, 7) is 5.39. The lowest BCUT2D eigenvalue weighted by molar-refractivity contribution is -0.122. The molecule has 5 rings (SSSR count). The van der Waals surface area contributed by atoms with Gasteiger partial charge < -0.3 is 24.1 Å². The van der Waals surface area contributed by atoms with Gasteiger partial charge in [-0.1, -0.05) is 11.8 Å². The van der Waals surface area contributed by atoms with Crippen LogP contribution in [-0.4, -0.2) is 55.7 Å². The van der Waals surface area contributed by atoms with Crippen LogP contribution in [0.25, 0.3) is 0 Å². The number of ketones is 1. The maximum atomic E-state index is 13.9. The Labute approximate surface area is 241 Å². The zero-order valence-corrected chi connectivity index (χ0v) is 24.4. The van der Waals surface area contributed by atoms with Crippen molar-refractivity contribution in [1.29, 1.82) is 0 Å². The monoisotopic (exact) mass is 578 g/mol. The molecule has 11 heteroatoms. The summed E-state index contributed by atoms with van der Waals surface area (Å²) in [5.41, 5.74) is 2.89. The Morgan fingerprint density at radius 2 is 1.98 bits per heavy atom. The molecule has 1 N–H and O–H groups in total. The Bertz CT molecular complexity index is 1490. The minimum Gasteiger partial charge on any atom is -0.491 e. The van der Waals surface area contributed by atoms with Gasteiger partial charge in [0.05, 0.1) is 41.5 Å². The maximum Gasteiger partial charge on any atom is 0.269 e. The minimum absolute atomic E-state index is 0.0535. The zero-order chi connectivity index (χ0) is 28.2. The third-order valence-electron chi connectivity index (χ3n) is 6.30. The van der Waals surface area contributed by atoms with Crippen molar-refractivity contribution in [2.24, 2.45) is 4.99 Å². The molecule has 2 aromatic carbocycles. The Morgan fingerprint density at radius 3 is 2.70 bits per heavy atom. The fraction of sp³-hybridized carbons (Fsp3) is 0.276. The molecule has 1 saturated heterocycles. The number of fused-ring (bicyclic) bond motifs is 1. The second-order valence-corrected chi connectivity index (χ2v) is 11.1. The number of hydrogen-bond acceptors (Lipinski definition) is 10. The normalized spacial score (nSPS) is 17.6. The van der Waals surface area contributed by atoms with E-state index in [-0.39, 0.29) is 18.2 Å². The van der Waals surface area contributed by atoms with E-state index in [0.717, 1.165) is 27.0 Å². The van der Waals surface area contributed by atoms with Crippen molar-refractivity contribution in [2.75, 3.05) is 44.1 Å². The first kappa shape index (κ1) is 27.9. The van der Waals surface area contributed by atoms with Gasteiger partial charge in [-0.15, -0.1) is 0 Å². The molecule has 0 aliphatic carbocycles. The number of hydrogen-bond donors (Lipinski definition) is 1. The van der Waals surface area contributed by atoms with Crippen LogP contribution in [0.1, 0.15) is 30.0 Å². The number of methoxy groups -OCH3 is 1. The molecule has 2 aliphatic heterocycles. The van der Waals surface area contributed by atoms with Gasteiger partial charge in [0, 0.05) is 37.2 Å². The number of amidine groups is 1. The highest BCUT2D eigenvalue weighted by atomic mass is 32.2. The minimum atomic E-state index is -0.161. The molecule has 0 atom stereocenters. The number of aliphatic imine (C=N–C) groups is 1. The SMILES string of the molecule is CCNc1ccc(C(C)=O)cc1N=C1SC(=C2Sc3ccc(OCCOC)cc3N2C)C(=O)N1Cc1ccco1. The van der Waals surface area contributed by atoms with Crippen molar-refractivity contribution in [3.8, 4) is 5.75 Å². The number of carbonyl (C=O) groups is 2. The average Bonchev–Trinajstić information content (AvgIpc) is 3.65. The Balaban J connectivity index is 1.53. The number of ether oxygens (including phenoxy) is 2. The second kappa shape index (κ2) is 12.2. The van der Waals surface area contributed by atoms with E-state index in [0.29, 0.717) is 46.8 Å². The number of furan rings is 1. The van der Waals surface area contributed by atoms with Crippen molar-refractivity contribution in [3.63, 3.8) is 0 Å². The van der Waals surface area contributed by atoms with Crippen LogP contribution in [0, 0.1) is 0 Å². The number of carbonyl (C=O) groups excluding carboxylic acids is 2. The molecule has 0 saturated carbocycles. The Morgan fingerprint density at radius 1 is 1.12 bits per heavy atom. The van der Waals surface area contributed by atoms with Crippen molar-refractivity contribution in [2.45, 2.75) is 25.3 Å². The average molecular weight is 579 g/mol. The van der Waals surface area contributed by atoms with Gasteiger partial charge in [0.2, 0.25) is 0 Å². The van der Waals surface area contributed by atoms with Gasteiger partial charge in [0.1, 0.15) is 23.0 Å². The number of thioether (sulfide) groups is 2. The fourth-order valence-electron chi connectivity index (χ4n) is 4.26. The maximum absolute atomic E-state index is 13.9. The van der Waals surface area contributed by atoms with Crippen LogP contribution < -0.4 is 15.0 Å². The molecular formula is C29H30N4O5S2. The van der Waals surface area contributed by atoms with Crippen molar-refractivity contribution < 1.29 is 23.5 Å². The summed E-state index contributed by atoms with van der Waals surface area (Å²) in [7, 11) is 3.58. The van der Waals surface area contributed by atoms with Crippen LogP contribution >= 0.6 is 23.5 Å². The predicted molar refractivity (Wildman–Crippen MR) is 160 cm³/mol. The molecule has 3 heterocycles. The molecule has 0 unspecified atom stereocenters. The molecule has 2 aliphatic rings. The van der Waals surface area contributed by atoms with Crippen LogP contribution in [0.15, 0.2) is 79.0 Å². The number of benzene rings is 2. The summed E-state index contributed by atoms with van der Waals surface area (Å²) >= 11 is 2.86. The lowest BCUT2D eigenvalue weighted by Gasteiger charge is -2.16. The van der Waals surface area contributed by atoms with Crippen molar-refractivity contribution in [1.82, 2.24) is 4.90 Å². The summed E-state index contributed by atoms with van der Waals surface area (Å²) in [6.07, 6.45) is 1.59. The zero-order valence-electron chi connectivity index (χ0n) is 22.7. The van der Waals surface area contributed by atoms with E-state index in [9.17, 15) is 9.59 Å². The molecule has 40 heavy (non-hydrogen) atoms. The van der Waals surface area contributed by atoms with Crippen LogP contribution in [0.4, 0.5) is 17.1 Å². The first-order chi connectivity index (χ1) is 19.4. The van der Waals surface area contributed by atoms with E-state index in [2.05, 4.69) is 5.32 Å². The van der Waals surface area contributed by atoms with E-state index >= 15 is 0 Å². The summed E-state index contributed by atoms with van der Waals surface area (Å²) < 4.78 is 16.5. The van der Waals surface area contributed by atoms with Gasteiger partial charge in [-0.3, -0.25) is 14.5 Å².